The fourth-order valence-corrected chi connectivity index (χ4v) is 3.06. The Morgan fingerprint density at radius 3 is 3.12 bits per heavy atom. The zero-order valence-electron chi connectivity index (χ0n) is 10.1. The highest BCUT2D eigenvalue weighted by atomic mass is 127. The van der Waals surface area contributed by atoms with Crippen LogP contribution in [-0.4, -0.2) is 22.6 Å². The van der Waals surface area contributed by atoms with Gasteiger partial charge in [-0.2, -0.15) is 0 Å². The van der Waals surface area contributed by atoms with E-state index in [2.05, 4.69) is 44.4 Å². The predicted molar refractivity (Wildman–Crippen MR) is 77.5 cm³/mol. The van der Waals surface area contributed by atoms with E-state index >= 15 is 0 Å². The fourth-order valence-electron chi connectivity index (χ4n) is 2.45. The fraction of sp³-hybridized carbons (Fsp3) is 0.667. The van der Waals surface area contributed by atoms with Crippen LogP contribution in [0.1, 0.15) is 39.0 Å². The first kappa shape index (κ1) is 12.9. The highest BCUT2D eigenvalue weighted by Crippen LogP contribution is 2.25. The third kappa shape index (κ3) is 2.81. The molecule has 0 amide bonds. The maximum Gasteiger partial charge on any atom is 0.266 e. The van der Waals surface area contributed by atoms with Crippen molar-refractivity contribution in [2.75, 3.05) is 11.4 Å². The highest BCUT2D eigenvalue weighted by Gasteiger charge is 2.23. The molecule has 2 rings (SSSR count). The van der Waals surface area contributed by atoms with E-state index in [9.17, 15) is 4.79 Å². The van der Waals surface area contributed by atoms with Gasteiger partial charge in [-0.25, -0.2) is 4.98 Å². The summed E-state index contributed by atoms with van der Waals surface area (Å²) in [7, 11) is 0. The van der Waals surface area contributed by atoms with Crippen molar-refractivity contribution in [3.63, 3.8) is 0 Å². The van der Waals surface area contributed by atoms with E-state index < -0.39 is 0 Å². The molecular weight excluding hydrogens is 329 g/mol. The number of hydrogen-bond donors (Lipinski definition) is 1. The molecule has 1 aromatic heterocycles. The molecule has 0 bridgehead atoms. The molecule has 0 aliphatic carbocycles. The monoisotopic (exact) mass is 347 g/mol. The largest absolute Gasteiger partial charge is 0.353 e. The van der Waals surface area contributed by atoms with Gasteiger partial charge in [0.15, 0.2) is 0 Å². The molecular formula is C12H18IN3O. The van der Waals surface area contributed by atoms with Crippen LogP contribution in [0.2, 0.25) is 0 Å². The maximum absolute atomic E-state index is 11.6. The van der Waals surface area contributed by atoms with Gasteiger partial charge in [-0.3, -0.25) is 4.79 Å². The third-order valence-electron chi connectivity index (χ3n) is 3.40. The quantitative estimate of drug-likeness (QED) is 0.837. The molecule has 1 aliphatic rings. The summed E-state index contributed by atoms with van der Waals surface area (Å²) < 4.78 is 0.713. The number of anilines is 1. The van der Waals surface area contributed by atoms with Crippen molar-refractivity contribution in [2.45, 2.75) is 45.1 Å². The minimum absolute atomic E-state index is 0.0327. The van der Waals surface area contributed by atoms with E-state index in [0.717, 1.165) is 18.8 Å². The summed E-state index contributed by atoms with van der Waals surface area (Å²) in [5.41, 5.74) is -0.0327. The Labute approximate surface area is 115 Å². The van der Waals surface area contributed by atoms with Gasteiger partial charge in [0.1, 0.15) is 9.39 Å². The van der Waals surface area contributed by atoms with Crippen molar-refractivity contribution in [1.82, 2.24) is 9.97 Å². The second kappa shape index (κ2) is 5.84. The van der Waals surface area contributed by atoms with Crippen molar-refractivity contribution in [1.29, 1.82) is 0 Å². The number of hydrogen-bond acceptors (Lipinski definition) is 3. The van der Waals surface area contributed by atoms with E-state index in [1.807, 2.05) is 0 Å². The molecule has 4 nitrogen and oxygen atoms in total. The zero-order valence-corrected chi connectivity index (χ0v) is 12.2. The van der Waals surface area contributed by atoms with Gasteiger partial charge in [-0.05, 0) is 41.9 Å². The molecule has 17 heavy (non-hydrogen) atoms. The van der Waals surface area contributed by atoms with Gasteiger partial charge in [-0.15, -0.1) is 0 Å². The summed E-state index contributed by atoms with van der Waals surface area (Å²) in [6.07, 6.45) is 7.60. The summed E-state index contributed by atoms with van der Waals surface area (Å²) in [5.74, 6) is 0.864. The summed E-state index contributed by atoms with van der Waals surface area (Å²) >= 11 is 2.10. The molecule has 1 aromatic rings. The Morgan fingerprint density at radius 1 is 1.53 bits per heavy atom. The first-order valence-electron chi connectivity index (χ1n) is 6.24. The topological polar surface area (TPSA) is 49.0 Å². The third-order valence-corrected chi connectivity index (χ3v) is 4.37. The molecule has 0 spiro atoms. The molecule has 1 saturated heterocycles. The van der Waals surface area contributed by atoms with Gasteiger partial charge >= 0.3 is 0 Å². The number of rotatable bonds is 2. The lowest BCUT2D eigenvalue weighted by molar-refractivity contribution is 0.551. The molecule has 1 aliphatic heterocycles. The lowest BCUT2D eigenvalue weighted by atomic mass is 10.1. The number of nitrogens with one attached hydrogen (secondary N) is 1. The summed E-state index contributed by atoms with van der Waals surface area (Å²) in [5, 5.41) is 0. The minimum Gasteiger partial charge on any atom is -0.353 e. The van der Waals surface area contributed by atoms with E-state index in [4.69, 9.17) is 0 Å². The molecule has 94 valence electrons. The number of H-pyrrole nitrogens is 1. The van der Waals surface area contributed by atoms with E-state index in [1.165, 1.54) is 32.0 Å². The van der Waals surface area contributed by atoms with Crippen molar-refractivity contribution in [3.05, 3.63) is 20.3 Å². The lowest BCUT2D eigenvalue weighted by Crippen LogP contribution is -2.37. The van der Waals surface area contributed by atoms with Crippen molar-refractivity contribution >= 4 is 28.4 Å². The van der Waals surface area contributed by atoms with Crippen LogP contribution in [0.5, 0.6) is 0 Å². The number of halogens is 1. The van der Waals surface area contributed by atoms with Gasteiger partial charge in [0, 0.05) is 12.6 Å². The molecule has 0 radical (unpaired) electrons. The van der Waals surface area contributed by atoms with Crippen LogP contribution in [0.4, 0.5) is 5.82 Å². The second-order valence-corrected chi connectivity index (χ2v) is 5.55. The van der Waals surface area contributed by atoms with Crippen molar-refractivity contribution in [2.24, 2.45) is 0 Å². The smallest absolute Gasteiger partial charge is 0.266 e. The molecule has 1 unspecified atom stereocenters. The molecule has 0 aromatic carbocycles. The van der Waals surface area contributed by atoms with Crippen LogP contribution in [0.25, 0.3) is 0 Å². The molecule has 1 N–H and O–H groups in total. The van der Waals surface area contributed by atoms with Crippen LogP contribution in [-0.2, 0) is 0 Å². The standard InChI is InChI=1S/C12H18IN3O/c1-2-9-6-4-3-5-7-16(9)11-10(13)12(17)15-8-14-11/h8-9H,2-7H2,1H3,(H,14,15,17). The second-order valence-electron chi connectivity index (χ2n) is 4.47. The van der Waals surface area contributed by atoms with E-state index in [0.29, 0.717) is 9.61 Å². The Morgan fingerprint density at radius 2 is 2.35 bits per heavy atom. The zero-order chi connectivity index (χ0) is 12.3. The van der Waals surface area contributed by atoms with Crippen LogP contribution < -0.4 is 10.5 Å². The summed E-state index contributed by atoms with van der Waals surface area (Å²) in [6, 6.07) is 0.528. The first-order chi connectivity index (χ1) is 8.24. The van der Waals surface area contributed by atoms with Crippen molar-refractivity contribution < 1.29 is 0 Å². The van der Waals surface area contributed by atoms with Crippen LogP contribution in [0.3, 0.4) is 0 Å². The van der Waals surface area contributed by atoms with Crippen LogP contribution >= 0.6 is 22.6 Å². The molecule has 0 saturated carbocycles. The van der Waals surface area contributed by atoms with Gasteiger partial charge < -0.3 is 9.88 Å². The first-order valence-corrected chi connectivity index (χ1v) is 7.31. The van der Waals surface area contributed by atoms with Crippen molar-refractivity contribution in [3.8, 4) is 0 Å². The molecule has 1 fully saturated rings. The molecule has 2 heterocycles. The normalized spacial score (nSPS) is 21.3. The van der Waals surface area contributed by atoms with Gasteiger partial charge in [0.25, 0.3) is 5.56 Å². The molecule has 1 atom stereocenters. The highest BCUT2D eigenvalue weighted by molar-refractivity contribution is 14.1. The average molecular weight is 347 g/mol. The minimum atomic E-state index is -0.0327. The lowest BCUT2D eigenvalue weighted by Gasteiger charge is -2.30. The summed E-state index contributed by atoms with van der Waals surface area (Å²) in [4.78, 5) is 20.9. The number of aromatic amines is 1. The van der Waals surface area contributed by atoms with Crippen LogP contribution in [0, 0.1) is 3.57 Å². The van der Waals surface area contributed by atoms with Gasteiger partial charge in [0.05, 0.1) is 6.33 Å². The van der Waals surface area contributed by atoms with Gasteiger partial charge in [0.2, 0.25) is 0 Å². The Hall–Kier alpha value is -0.590. The SMILES string of the molecule is CCC1CCCCCN1c1nc[nH]c(=O)c1I. The number of nitrogens with zero attached hydrogens (tertiary/aromatic N) is 2. The maximum atomic E-state index is 11.6. The Bertz CT molecular complexity index is 432. The molecule has 5 heteroatoms. The van der Waals surface area contributed by atoms with Gasteiger partial charge in [-0.1, -0.05) is 19.8 Å². The van der Waals surface area contributed by atoms with E-state index in [-0.39, 0.29) is 5.56 Å². The summed E-state index contributed by atoms with van der Waals surface area (Å²) in [6.45, 7) is 3.23. The average Bonchev–Trinajstić information content (AvgIpc) is 2.57. The number of aromatic nitrogens is 2. The van der Waals surface area contributed by atoms with E-state index in [1.54, 1.807) is 0 Å². The Balaban J connectivity index is 2.35. The van der Waals surface area contributed by atoms with Crippen LogP contribution in [0.15, 0.2) is 11.1 Å². The predicted octanol–water partition coefficient (Wildman–Crippen LogP) is 2.53. The Kier molecular flexibility index (Phi) is 4.42.